The molecule has 7 heteroatoms. The fourth-order valence-corrected chi connectivity index (χ4v) is 4.25. The Balaban J connectivity index is 1.74. The Bertz CT molecular complexity index is 1090. The van der Waals surface area contributed by atoms with Crippen molar-refractivity contribution in [2.75, 3.05) is 12.4 Å². The molecule has 4 rings (SSSR count). The van der Waals surface area contributed by atoms with E-state index >= 15 is 0 Å². The van der Waals surface area contributed by atoms with Crippen molar-refractivity contribution in [3.8, 4) is 5.75 Å². The number of rotatable bonds is 7. The third-order valence-corrected chi connectivity index (χ3v) is 5.75. The number of para-hydroxylation sites is 1. The van der Waals surface area contributed by atoms with Crippen LogP contribution in [0, 0.1) is 0 Å². The summed E-state index contributed by atoms with van der Waals surface area (Å²) < 4.78 is 5.59. The molecule has 0 saturated heterocycles. The lowest BCUT2D eigenvalue weighted by molar-refractivity contribution is -0.116. The van der Waals surface area contributed by atoms with E-state index < -0.39 is 6.17 Å². The third-order valence-electron chi connectivity index (χ3n) is 4.80. The predicted molar refractivity (Wildman–Crippen MR) is 120 cm³/mol. The van der Waals surface area contributed by atoms with Gasteiger partial charge in [-0.15, -0.1) is 5.10 Å². The Kier molecular flexibility index (Phi) is 6.18. The van der Waals surface area contributed by atoms with Gasteiger partial charge in [-0.25, -0.2) is 5.01 Å². The summed E-state index contributed by atoms with van der Waals surface area (Å²) >= 11 is 1.56. The van der Waals surface area contributed by atoms with Crippen LogP contribution in [0.25, 0.3) is 5.70 Å². The van der Waals surface area contributed by atoms with Crippen LogP contribution in [0.1, 0.15) is 31.5 Å². The van der Waals surface area contributed by atoms with Gasteiger partial charge in [0.15, 0.2) is 11.3 Å². The molecule has 1 atom stereocenters. The van der Waals surface area contributed by atoms with Crippen molar-refractivity contribution in [1.82, 2.24) is 10.3 Å². The molecule has 1 N–H and O–H groups in total. The van der Waals surface area contributed by atoms with Gasteiger partial charge in [0.25, 0.3) is 5.91 Å². The molecule has 0 fully saturated rings. The van der Waals surface area contributed by atoms with Crippen molar-refractivity contribution in [2.24, 2.45) is 10.1 Å². The maximum atomic E-state index is 13.0. The number of nitrogens with zero attached hydrogens (tertiary/aromatic N) is 3. The van der Waals surface area contributed by atoms with Crippen molar-refractivity contribution in [3.05, 3.63) is 77.3 Å². The quantitative estimate of drug-likeness (QED) is 0.553. The first-order chi connectivity index (χ1) is 14.7. The number of benzene rings is 2. The first-order valence-corrected chi connectivity index (χ1v) is 11.0. The maximum Gasteiger partial charge on any atom is 0.276 e. The fourth-order valence-electron chi connectivity index (χ4n) is 3.31. The van der Waals surface area contributed by atoms with Gasteiger partial charge in [0, 0.05) is 11.0 Å². The van der Waals surface area contributed by atoms with Crippen LogP contribution < -0.4 is 20.6 Å². The van der Waals surface area contributed by atoms with Crippen molar-refractivity contribution in [2.45, 2.75) is 25.9 Å². The summed E-state index contributed by atoms with van der Waals surface area (Å²) in [5.74, 6) is 1.52. The molecule has 154 valence electrons. The van der Waals surface area contributed by atoms with E-state index in [1.165, 1.54) is 0 Å². The second kappa shape index (κ2) is 9.17. The number of nitrogens with one attached hydrogen (secondary N) is 1. The van der Waals surface area contributed by atoms with Crippen LogP contribution in [0.4, 0.5) is 0 Å². The number of ether oxygens (including phenoxy) is 1. The Morgan fingerprint density at radius 1 is 1.23 bits per heavy atom. The van der Waals surface area contributed by atoms with Crippen LogP contribution in [0.5, 0.6) is 5.75 Å². The Morgan fingerprint density at radius 2 is 2.03 bits per heavy atom. The van der Waals surface area contributed by atoms with Gasteiger partial charge in [0.2, 0.25) is 0 Å². The van der Waals surface area contributed by atoms with E-state index in [1.54, 1.807) is 22.8 Å². The van der Waals surface area contributed by atoms with Crippen LogP contribution in [0.15, 0.2) is 71.3 Å². The molecular weight excluding hydrogens is 396 g/mol. The number of amidine groups is 1. The molecule has 2 aliphatic rings. The van der Waals surface area contributed by atoms with Gasteiger partial charge in [-0.3, -0.25) is 15.1 Å². The topological polar surface area (TPSA) is 66.3 Å². The standard InChI is InChI=1S/C23H24N4O2S/c1-3-5-15-30-23-25-22(28)20-18-8-6-7-9-19(18)24-21(27(20)26-23)16-10-12-17(13-11-16)29-14-4-2/h4,6-13,21H,2-3,5,14-15H2,1H3,(H,25,26,28)/t21-/m1/s1. The van der Waals surface area contributed by atoms with Crippen LogP contribution in [-0.2, 0) is 4.79 Å². The largest absolute Gasteiger partial charge is 0.490 e. The lowest BCUT2D eigenvalue weighted by Gasteiger charge is -2.34. The summed E-state index contributed by atoms with van der Waals surface area (Å²) in [5, 5.41) is 11.6. The fraction of sp³-hybridized carbons (Fsp3) is 0.261. The number of unbranched alkanes of at least 4 members (excludes halogenated alkanes) is 1. The molecule has 1 amide bonds. The Labute approximate surface area is 180 Å². The summed E-state index contributed by atoms with van der Waals surface area (Å²) in [6, 6.07) is 15.4. The number of hydrazone groups is 1. The molecule has 0 radical (unpaired) electrons. The molecule has 2 aliphatic heterocycles. The zero-order chi connectivity index (χ0) is 20.9. The number of fused-ring (bicyclic) bond motifs is 2. The minimum absolute atomic E-state index is 0.151. The first kappa shape index (κ1) is 20.2. The molecule has 6 nitrogen and oxygen atoms in total. The highest BCUT2D eigenvalue weighted by Crippen LogP contribution is 2.31. The molecule has 2 heterocycles. The minimum Gasteiger partial charge on any atom is -0.490 e. The van der Waals surface area contributed by atoms with Gasteiger partial charge >= 0.3 is 0 Å². The Hall–Kier alpha value is -3.06. The molecule has 2 aromatic carbocycles. The van der Waals surface area contributed by atoms with E-state index in [-0.39, 0.29) is 5.91 Å². The molecule has 0 spiro atoms. The van der Waals surface area contributed by atoms with Crippen LogP contribution in [0.2, 0.25) is 0 Å². The van der Waals surface area contributed by atoms with Crippen molar-refractivity contribution in [1.29, 1.82) is 0 Å². The minimum atomic E-state index is -0.420. The molecule has 2 aromatic rings. The summed E-state index contributed by atoms with van der Waals surface area (Å²) in [6.45, 7) is 6.27. The highest BCUT2D eigenvalue weighted by molar-refractivity contribution is 8.13. The summed E-state index contributed by atoms with van der Waals surface area (Å²) in [5.41, 5.74) is 1.46. The van der Waals surface area contributed by atoms with Gasteiger partial charge in [-0.05, 0) is 30.2 Å². The van der Waals surface area contributed by atoms with Crippen LogP contribution in [-0.4, -0.2) is 28.4 Å². The van der Waals surface area contributed by atoms with E-state index in [0.717, 1.165) is 40.5 Å². The SMILES string of the molecule is C=CCOc1ccc([C@@H]2N=c3ccccc3=C3C(=O)NC(SCCCC)=NN32)cc1. The average Bonchev–Trinajstić information content (AvgIpc) is 2.77. The molecule has 0 saturated carbocycles. The normalized spacial score (nSPS) is 17.3. The lowest BCUT2D eigenvalue weighted by Crippen LogP contribution is -2.50. The van der Waals surface area contributed by atoms with E-state index in [9.17, 15) is 4.79 Å². The van der Waals surface area contributed by atoms with Crippen molar-refractivity contribution >= 4 is 28.5 Å². The highest BCUT2D eigenvalue weighted by Gasteiger charge is 2.34. The first-order valence-electron chi connectivity index (χ1n) is 10.0. The molecule has 0 bridgehead atoms. The van der Waals surface area contributed by atoms with Crippen LogP contribution >= 0.6 is 11.8 Å². The van der Waals surface area contributed by atoms with E-state index in [2.05, 4.69) is 18.8 Å². The zero-order valence-corrected chi connectivity index (χ0v) is 17.7. The molecule has 0 unspecified atom stereocenters. The summed E-state index contributed by atoms with van der Waals surface area (Å²) in [4.78, 5) is 17.9. The van der Waals surface area contributed by atoms with Crippen molar-refractivity contribution < 1.29 is 9.53 Å². The summed E-state index contributed by atoms with van der Waals surface area (Å²) in [7, 11) is 0. The number of thioether (sulfide) groups is 1. The second-order valence-corrected chi connectivity index (χ2v) is 8.03. The number of hydrogen-bond acceptors (Lipinski definition) is 6. The monoisotopic (exact) mass is 420 g/mol. The van der Waals surface area contributed by atoms with E-state index in [1.807, 2.05) is 48.5 Å². The summed E-state index contributed by atoms with van der Waals surface area (Å²) in [6.07, 6.45) is 3.46. The predicted octanol–water partition coefficient (Wildman–Crippen LogP) is 2.93. The number of amides is 1. The third kappa shape index (κ3) is 4.11. The van der Waals surface area contributed by atoms with E-state index in [0.29, 0.717) is 17.5 Å². The lowest BCUT2D eigenvalue weighted by atomic mass is 10.1. The average molecular weight is 421 g/mol. The van der Waals surface area contributed by atoms with Gasteiger partial charge in [-0.2, -0.15) is 0 Å². The number of carbonyl (C=O) groups excluding carboxylic acids is 1. The zero-order valence-electron chi connectivity index (χ0n) is 16.9. The van der Waals surface area contributed by atoms with Crippen LogP contribution in [0.3, 0.4) is 0 Å². The molecule has 30 heavy (non-hydrogen) atoms. The molecule has 0 aliphatic carbocycles. The van der Waals surface area contributed by atoms with Gasteiger partial charge in [0.1, 0.15) is 18.1 Å². The second-order valence-electron chi connectivity index (χ2n) is 6.94. The van der Waals surface area contributed by atoms with Gasteiger partial charge in [-0.1, -0.05) is 68.1 Å². The van der Waals surface area contributed by atoms with Gasteiger partial charge in [0.05, 0.1) is 5.36 Å². The molecular formula is C23H24N4O2S. The van der Waals surface area contributed by atoms with Gasteiger partial charge < -0.3 is 4.74 Å². The van der Waals surface area contributed by atoms with Crippen molar-refractivity contribution in [3.63, 3.8) is 0 Å². The highest BCUT2D eigenvalue weighted by atomic mass is 32.2. The number of carbonyl (C=O) groups is 1. The smallest absolute Gasteiger partial charge is 0.276 e. The Morgan fingerprint density at radius 3 is 2.80 bits per heavy atom. The molecule has 0 aromatic heterocycles. The van der Waals surface area contributed by atoms with E-state index in [4.69, 9.17) is 14.8 Å². The number of hydrogen-bond donors (Lipinski definition) is 1. The maximum absolute atomic E-state index is 13.0.